The Morgan fingerprint density at radius 1 is 1.06 bits per heavy atom. The summed E-state index contributed by atoms with van der Waals surface area (Å²) in [5.41, 5.74) is 3.85. The number of rotatable bonds is 4. The minimum atomic E-state index is -0.291. The van der Waals surface area contributed by atoms with E-state index in [1.54, 1.807) is 24.0 Å². The summed E-state index contributed by atoms with van der Waals surface area (Å²) >= 11 is 0. The van der Waals surface area contributed by atoms with E-state index >= 15 is 0 Å². The number of ether oxygens (including phenoxy) is 2. The Labute approximate surface area is 198 Å². The molecule has 34 heavy (non-hydrogen) atoms. The standard InChI is InChI=1S/C26H27FN4O3/c1-17-4-3-5-19(14-17)25(32)31-9-8-23-21(16-31)24(34-20-6-7-22(27)18(2)15-20)29-26(28-23)30-10-12-33-13-11-30/h3-7,14-15H,8-13,16H2,1-2H3. The fraction of sp³-hybridized carbons (Fsp3) is 0.346. The van der Waals surface area contributed by atoms with Crippen LogP contribution in [0.1, 0.15) is 32.7 Å². The van der Waals surface area contributed by atoms with Gasteiger partial charge in [-0.15, -0.1) is 0 Å². The number of fused-ring (bicyclic) bond motifs is 1. The topological polar surface area (TPSA) is 67.8 Å². The highest BCUT2D eigenvalue weighted by Gasteiger charge is 2.29. The Kier molecular flexibility index (Phi) is 6.15. The summed E-state index contributed by atoms with van der Waals surface area (Å²) in [5.74, 6) is 1.17. The highest BCUT2D eigenvalue weighted by Crippen LogP contribution is 2.32. The Balaban J connectivity index is 1.49. The van der Waals surface area contributed by atoms with E-state index in [0.717, 1.165) is 16.8 Å². The fourth-order valence-corrected chi connectivity index (χ4v) is 4.29. The maximum absolute atomic E-state index is 13.8. The molecule has 1 saturated heterocycles. The molecule has 0 aliphatic carbocycles. The molecule has 1 aromatic heterocycles. The van der Waals surface area contributed by atoms with Crippen LogP contribution in [0.25, 0.3) is 0 Å². The summed E-state index contributed by atoms with van der Waals surface area (Å²) in [4.78, 5) is 26.7. The molecule has 2 aromatic carbocycles. The van der Waals surface area contributed by atoms with Crippen molar-refractivity contribution in [3.63, 3.8) is 0 Å². The first-order chi connectivity index (χ1) is 16.5. The van der Waals surface area contributed by atoms with E-state index < -0.39 is 0 Å². The number of halogens is 1. The molecular weight excluding hydrogens is 435 g/mol. The lowest BCUT2D eigenvalue weighted by Gasteiger charge is -2.32. The van der Waals surface area contributed by atoms with Crippen molar-refractivity contribution in [2.75, 3.05) is 37.7 Å². The second-order valence-corrected chi connectivity index (χ2v) is 8.71. The summed E-state index contributed by atoms with van der Waals surface area (Å²) in [6.07, 6.45) is 0.603. The van der Waals surface area contributed by atoms with Crippen molar-refractivity contribution in [1.29, 1.82) is 0 Å². The SMILES string of the molecule is Cc1cccc(C(=O)N2CCc3nc(N4CCOCC4)nc(Oc4ccc(F)c(C)c4)c3C2)c1. The van der Waals surface area contributed by atoms with Crippen LogP contribution in [0.3, 0.4) is 0 Å². The van der Waals surface area contributed by atoms with Crippen LogP contribution in [0.15, 0.2) is 42.5 Å². The van der Waals surface area contributed by atoms with Gasteiger partial charge in [0.15, 0.2) is 0 Å². The Morgan fingerprint density at radius 2 is 1.88 bits per heavy atom. The van der Waals surface area contributed by atoms with E-state index in [-0.39, 0.29) is 11.7 Å². The lowest BCUT2D eigenvalue weighted by Crippen LogP contribution is -2.39. The maximum atomic E-state index is 13.8. The van der Waals surface area contributed by atoms with Gasteiger partial charge in [-0.2, -0.15) is 4.98 Å². The van der Waals surface area contributed by atoms with Gasteiger partial charge in [-0.05, 0) is 49.7 Å². The number of aromatic nitrogens is 2. The summed E-state index contributed by atoms with van der Waals surface area (Å²) in [7, 11) is 0. The number of aryl methyl sites for hydroxylation is 2. The molecule has 1 amide bonds. The van der Waals surface area contributed by atoms with Crippen LogP contribution in [0.2, 0.25) is 0 Å². The average Bonchev–Trinajstić information content (AvgIpc) is 2.86. The van der Waals surface area contributed by atoms with E-state index in [4.69, 9.17) is 19.4 Å². The lowest BCUT2D eigenvalue weighted by atomic mass is 10.0. The Morgan fingerprint density at radius 3 is 2.65 bits per heavy atom. The van der Waals surface area contributed by atoms with E-state index in [2.05, 4.69) is 4.90 Å². The second kappa shape index (κ2) is 9.38. The molecule has 2 aliphatic rings. The Bertz CT molecular complexity index is 1230. The molecule has 0 unspecified atom stereocenters. The quantitative estimate of drug-likeness (QED) is 0.583. The van der Waals surface area contributed by atoms with Gasteiger partial charge in [0, 0.05) is 31.6 Å². The summed E-state index contributed by atoms with van der Waals surface area (Å²) < 4.78 is 25.5. The summed E-state index contributed by atoms with van der Waals surface area (Å²) in [6, 6.07) is 12.2. The maximum Gasteiger partial charge on any atom is 0.254 e. The predicted octanol–water partition coefficient (Wildman–Crippen LogP) is 4.06. The highest BCUT2D eigenvalue weighted by molar-refractivity contribution is 5.94. The zero-order valence-corrected chi connectivity index (χ0v) is 19.4. The third-order valence-electron chi connectivity index (χ3n) is 6.20. The molecule has 3 heterocycles. The molecule has 3 aromatic rings. The molecule has 0 bridgehead atoms. The number of carbonyl (C=O) groups excluding carboxylic acids is 1. The zero-order valence-electron chi connectivity index (χ0n) is 19.4. The van der Waals surface area contributed by atoms with Gasteiger partial charge in [0.2, 0.25) is 11.8 Å². The first kappa shape index (κ1) is 22.3. The minimum Gasteiger partial charge on any atom is -0.438 e. The van der Waals surface area contributed by atoms with Crippen molar-refractivity contribution in [2.24, 2.45) is 0 Å². The molecule has 0 saturated carbocycles. The van der Waals surface area contributed by atoms with Gasteiger partial charge in [0.1, 0.15) is 11.6 Å². The molecular formula is C26H27FN4O3. The van der Waals surface area contributed by atoms with Gasteiger partial charge < -0.3 is 19.3 Å². The van der Waals surface area contributed by atoms with Crippen LogP contribution < -0.4 is 9.64 Å². The third kappa shape index (κ3) is 4.59. The minimum absolute atomic E-state index is 0.0322. The molecule has 2 aliphatic heterocycles. The van der Waals surface area contributed by atoms with Crippen molar-refractivity contribution in [2.45, 2.75) is 26.8 Å². The number of nitrogens with zero attached hydrogens (tertiary/aromatic N) is 4. The van der Waals surface area contributed by atoms with Crippen LogP contribution in [-0.4, -0.2) is 53.6 Å². The zero-order chi connectivity index (χ0) is 23.7. The van der Waals surface area contributed by atoms with E-state index in [1.807, 2.05) is 31.2 Å². The lowest BCUT2D eigenvalue weighted by molar-refractivity contribution is 0.0731. The monoisotopic (exact) mass is 462 g/mol. The van der Waals surface area contributed by atoms with Crippen molar-refractivity contribution < 1.29 is 18.7 Å². The molecule has 0 radical (unpaired) electrons. The van der Waals surface area contributed by atoms with Gasteiger partial charge >= 0.3 is 0 Å². The molecule has 0 atom stereocenters. The predicted molar refractivity (Wildman–Crippen MR) is 126 cm³/mol. The number of carbonyl (C=O) groups is 1. The first-order valence-corrected chi connectivity index (χ1v) is 11.5. The molecule has 8 heteroatoms. The number of hydrogen-bond donors (Lipinski definition) is 0. The largest absolute Gasteiger partial charge is 0.438 e. The normalized spacial score (nSPS) is 15.7. The molecule has 1 fully saturated rings. The Hall–Kier alpha value is -3.52. The summed E-state index contributed by atoms with van der Waals surface area (Å²) in [6.45, 7) is 7.21. The molecule has 0 N–H and O–H groups in total. The number of anilines is 1. The van der Waals surface area contributed by atoms with Gasteiger partial charge in [0.25, 0.3) is 5.91 Å². The van der Waals surface area contributed by atoms with E-state index in [1.165, 1.54) is 6.07 Å². The second-order valence-electron chi connectivity index (χ2n) is 8.71. The first-order valence-electron chi connectivity index (χ1n) is 11.5. The highest BCUT2D eigenvalue weighted by atomic mass is 19.1. The van der Waals surface area contributed by atoms with Crippen LogP contribution in [0.5, 0.6) is 11.6 Å². The number of morpholine rings is 1. The van der Waals surface area contributed by atoms with Crippen molar-refractivity contribution in [3.05, 3.63) is 76.2 Å². The van der Waals surface area contributed by atoms with Gasteiger partial charge in [-0.25, -0.2) is 9.37 Å². The van der Waals surface area contributed by atoms with Crippen LogP contribution in [0.4, 0.5) is 10.3 Å². The van der Waals surface area contributed by atoms with Crippen molar-refractivity contribution in [3.8, 4) is 11.6 Å². The number of benzene rings is 2. The third-order valence-corrected chi connectivity index (χ3v) is 6.20. The molecule has 5 rings (SSSR count). The van der Waals surface area contributed by atoms with E-state index in [9.17, 15) is 9.18 Å². The van der Waals surface area contributed by atoms with Gasteiger partial charge in [0.05, 0.1) is 31.0 Å². The summed E-state index contributed by atoms with van der Waals surface area (Å²) in [5, 5.41) is 0. The molecule has 0 spiro atoms. The fourth-order valence-electron chi connectivity index (χ4n) is 4.29. The van der Waals surface area contributed by atoms with Gasteiger partial charge in [-0.1, -0.05) is 17.7 Å². The smallest absolute Gasteiger partial charge is 0.254 e. The van der Waals surface area contributed by atoms with Crippen molar-refractivity contribution in [1.82, 2.24) is 14.9 Å². The van der Waals surface area contributed by atoms with Crippen molar-refractivity contribution >= 4 is 11.9 Å². The van der Waals surface area contributed by atoms with Gasteiger partial charge in [-0.3, -0.25) is 4.79 Å². The van der Waals surface area contributed by atoms with Crippen LogP contribution in [0, 0.1) is 19.7 Å². The number of amides is 1. The molecule has 176 valence electrons. The van der Waals surface area contributed by atoms with Crippen LogP contribution in [-0.2, 0) is 17.7 Å². The molecule has 7 nitrogen and oxygen atoms in total. The number of hydrogen-bond acceptors (Lipinski definition) is 6. The van der Waals surface area contributed by atoms with Crippen LogP contribution >= 0.6 is 0 Å². The van der Waals surface area contributed by atoms with E-state index in [0.29, 0.717) is 74.5 Å². The average molecular weight is 463 g/mol.